The second kappa shape index (κ2) is 11.3. The van der Waals surface area contributed by atoms with E-state index < -0.39 is 28.4 Å². The zero-order chi connectivity index (χ0) is 23.7. The minimum absolute atomic E-state index is 0.0387. The molecular weight excluding hydrogens is 438 g/mol. The molecule has 2 amide bonds. The highest BCUT2D eigenvalue weighted by atomic mass is 32.2. The fourth-order valence-electron chi connectivity index (χ4n) is 2.71. The Hall–Kier alpha value is -3.31. The molecule has 11 heteroatoms. The summed E-state index contributed by atoms with van der Waals surface area (Å²) >= 11 is 0. The maximum absolute atomic E-state index is 12.8. The van der Waals surface area contributed by atoms with Crippen LogP contribution in [0.25, 0.3) is 0 Å². The van der Waals surface area contributed by atoms with Crippen molar-refractivity contribution in [2.75, 3.05) is 32.7 Å². The van der Waals surface area contributed by atoms with Gasteiger partial charge in [-0.25, -0.2) is 13.1 Å². The molecule has 2 aromatic carbocycles. The molecule has 0 fully saturated rings. The lowest BCUT2D eigenvalue weighted by Crippen LogP contribution is -2.24. The van der Waals surface area contributed by atoms with Crippen LogP contribution >= 0.6 is 0 Å². The summed E-state index contributed by atoms with van der Waals surface area (Å²) in [5, 5.41) is 2.65. The highest BCUT2D eigenvalue weighted by Gasteiger charge is 2.19. The van der Waals surface area contributed by atoms with Crippen LogP contribution in [0.1, 0.15) is 30.1 Å². The number of nitrogens with one attached hydrogen (secondary N) is 2. The third kappa shape index (κ3) is 6.59. The molecule has 10 nitrogen and oxygen atoms in total. The highest BCUT2D eigenvalue weighted by Crippen LogP contribution is 2.38. The first-order valence-corrected chi connectivity index (χ1v) is 11.3. The van der Waals surface area contributed by atoms with E-state index in [1.807, 2.05) is 6.92 Å². The van der Waals surface area contributed by atoms with E-state index in [9.17, 15) is 18.0 Å². The minimum atomic E-state index is -3.69. The normalized spacial score (nSPS) is 11.0. The Labute approximate surface area is 187 Å². The quantitative estimate of drug-likeness (QED) is 0.406. The number of hydrogen-bond acceptors (Lipinski definition) is 7. The SMILES string of the molecule is CCCCNS(=O)(=O)c1cccc(NC(=O)c2cc(OC)c(OCC(N)=O)c(OC)c2)c1. The first-order valence-electron chi connectivity index (χ1n) is 9.80. The summed E-state index contributed by atoms with van der Waals surface area (Å²) in [5.74, 6) is -0.775. The van der Waals surface area contributed by atoms with Crippen molar-refractivity contribution in [3.8, 4) is 17.2 Å². The van der Waals surface area contributed by atoms with Crippen LogP contribution < -0.4 is 30.0 Å². The topological polar surface area (TPSA) is 146 Å². The van der Waals surface area contributed by atoms with Crippen molar-refractivity contribution < 1.29 is 32.2 Å². The van der Waals surface area contributed by atoms with Gasteiger partial charge in [-0.1, -0.05) is 19.4 Å². The predicted molar refractivity (Wildman–Crippen MR) is 119 cm³/mol. The minimum Gasteiger partial charge on any atom is -0.493 e. The largest absolute Gasteiger partial charge is 0.493 e. The molecule has 174 valence electrons. The zero-order valence-corrected chi connectivity index (χ0v) is 19.0. The number of carbonyl (C=O) groups excluding carboxylic acids is 2. The van der Waals surface area contributed by atoms with Crippen LogP contribution in [0.15, 0.2) is 41.3 Å². The smallest absolute Gasteiger partial charge is 0.255 e. The fraction of sp³-hybridized carbons (Fsp3) is 0.333. The molecule has 0 unspecified atom stereocenters. The van der Waals surface area contributed by atoms with Crippen molar-refractivity contribution in [2.24, 2.45) is 5.73 Å². The lowest BCUT2D eigenvalue weighted by molar-refractivity contribution is -0.120. The zero-order valence-electron chi connectivity index (χ0n) is 18.1. The van der Waals surface area contributed by atoms with Gasteiger partial charge in [-0.05, 0) is 36.8 Å². The van der Waals surface area contributed by atoms with Gasteiger partial charge in [0.2, 0.25) is 15.8 Å². The molecule has 0 heterocycles. The summed E-state index contributed by atoms with van der Waals surface area (Å²) in [5.41, 5.74) is 5.57. The Morgan fingerprint density at radius 2 is 1.72 bits per heavy atom. The maximum Gasteiger partial charge on any atom is 0.255 e. The Balaban J connectivity index is 2.26. The van der Waals surface area contributed by atoms with Gasteiger partial charge in [0.05, 0.1) is 19.1 Å². The average molecular weight is 466 g/mol. The highest BCUT2D eigenvalue weighted by molar-refractivity contribution is 7.89. The molecule has 4 N–H and O–H groups in total. The number of ether oxygens (including phenoxy) is 3. The maximum atomic E-state index is 12.8. The molecule has 0 aliphatic rings. The van der Waals surface area contributed by atoms with Gasteiger partial charge in [0.15, 0.2) is 18.1 Å². The second-order valence-corrected chi connectivity index (χ2v) is 8.47. The predicted octanol–water partition coefficient (Wildman–Crippen LogP) is 1.90. The van der Waals surface area contributed by atoms with Gasteiger partial charge >= 0.3 is 0 Å². The molecule has 0 aliphatic carbocycles. The monoisotopic (exact) mass is 465 g/mol. The average Bonchev–Trinajstić information content (AvgIpc) is 2.77. The number of anilines is 1. The Kier molecular flexibility index (Phi) is 8.85. The van der Waals surface area contributed by atoms with E-state index in [4.69, 9.17) is 19.9 Å². The van der Waals surface area contributed by atoms with E-state index >= 15 is 0 Å². The van der Waals surface area contributed by atoms with E-state index in [2.05, 4.69) is 10.0 Å². The first-order chi connectivity index (χ1) is 15.2. The van der Waals surface area contributed by atoms with Gasteiger partial charge < -0.3 is 25.3 Å². The van der Waals surface area contributed by atoms with Crippen molar-refractivity contribution in [1.82, 2.24) is 4.72 Å². The summed E-state index contributed by atoms with van der Waals surface area (Å²) in [7, 11) is -0.954. The van der Waals surface area contributed by atoms with E-state index in [0.29, 0.717) is 12.2 Å². The van der Waals surface area contributed by atoms with Crippen molar-refractivity contribution in [3.05, 3.63) is 42.0 Å². The molecule has 32 heavy (non-hydrogen) atoms. The number of methoxy groups -OCH3 is 2. The number of rotatable bonds is 12. The molecule has 2 rings (SSSR count). The number of hydrogen-bond donors (Lipinski definition) is 3. The molecule has 0 saturated carbocycles. The van der Waals surface area contributed by atoms with Gasteiger partial charge in [-0.15, -0.1) is 0 Å². The van der Waals surface area contributed by atoms with Crippen LogP contribution in [0.2, 0.25) is 0 Å². The van der Waals surface area contributed by atoms with Gasteiger partial charge in [-0.2, -0.15) is 0 Å². The van der Waals surface area contributed by atoms with Crippen LogP contribution in [0, 0.1) is 0 Å². The van der Waals surface area contributed by atoms with Gasteiger partial charge in [-0.3, -0.25) is 9.59 Å². The molecule has 0 bridgehead atoms. The molecular formula is C21H27N3O7S. The van der Waals surface area contributed by atoms with Crippen LogP contribution in [0.5, 0.6) is 17.2 Å². The molecule has 0 radical (unpaired) electrons. The second-order valence-electron chi connectivity index (χ2n) is 6.70. The summed E-state index contributed by atoms with van der Waals surface area (Å²) in [4.78, 5) is 23.9. The van der Waals surface area contributed by atoms with Gasteiger partial charge in [0.25, 0.3) is 11.8 Å². The third-order valence-electron chi connectivity index (χ3n) is 4.31. The molecule has 0 atom stereocenters. The number of sulfonamides is 1. The van der Waals surface area contributed by atoms with Gasteiger partial charge in [0, 0.05) is 17.8 Å². The molecule has 2 aromatic rings. The number of primary amides is 1. The number of carbonyl (C=O) groups is 2. The molecule has 0 aromatic heterocycles. The molecule has 0 saturated heterocycles. The third-order valence-corrected chi connectivity index (χ3v) is 5.76. The van der Waals surface area contributed by atoms with Crippen LogP contribution in [0.4, 0.5) is 5.69 Å². The Morgan fingerprint density at radius 1 is 1.06 bits per heavy atom. The van der Waals surface area contributed by atoms with Crippen LogP contribution in [-0.2, 0) is 14.8 Å². The fourth-order valence-corrected chi connectivity index (χ4v) is 3.83. The van der Waals surface area contributed by atoms with Crippen molar-refractivity contribution >= 4 is 27.5 Å². The van der Waals surface area contributed by atoms with Crippen molar-refractivity contribution in [1.29, 1.82) is 0 Å². The summed E-state index contributed by atoms with van der Waals surface area (Å²) in [6.45, 7) is 1.90. The van der Waals surface area contributed by atoms with Crippen molar-refractivity contribution in [3.63, 3.8) is 0 Å². The lowest BCUT2D eigenvalue weighted by atomic mass is 10.1. The first kappa shape index (κ1) is 25.0. The van der Waals surface area contributed by atoms with E-state index in [1.54, 1.807) is 6.07 Å². The van der Waals surface area contributed by atoms with E-state index in [-0.39, 0.29) is 27.7 Å². The summed E-state index contributed by atoms with van der Waals surface area (Å²) in [6.07, 6.45) is 1.58. The number of benzene rings is 2. The summed E-state index contributed by atoms with van der Waals surface area (Å²) < 4.78 is 43.2. The molecule has 0 aliphatic heterocycles. The van der Waals surface area contributed by atoms with Gasteiger partial charge in [0.1, 0.15) is 0 Å². The Morgan fingerprint density at radius 3 is 2.28 bits per heavy atom. The standard InChI is InChI=1S/C21H27N3O7S/c1-4-5-9-23-32(27,28)16-8-6-7-15(12-16)24-21(26)14-10-17(29-2)20(18(11-14)30-3)31-13-19(22)25/h6-8,10-12,23H,4-5,9,13H2,1-3H3,(H2,22,25)(H,24,26). The number of unbranched alkanes of at least 4 members (excludes halogenated alkanes) is 1. The Bertz CT molecular complexity index is 1050. The molecule has 0 spiro atoms. The number of nitrogens with two attached hydrogens (primary N) is 1. The van der Waals surface area contributed by atoms with Crippen molar-refractivity contribution in [2.45, 2.75) is 24.7 Å². The summed E-state index contributed by atoms with van der Waals surface area (Å²) in [6, 6.07) is 8.72. The van der Waals surface area contributed by atoms with E-state index in [0.717, 1.165) is 12.8 Å². The number of amides is 2. The van der Waals surface area contributed by atoms with Crippen LogP contribution in [0.3, 0.4) is 0 Å². The lowest BCUT2D eigenvalue weighted by Gasteiger charge is -2.15. The van der Waals surface area contributed by atoms with E-state index in [1.165, 1.54) is 44.6 Å². The van der Waals surface area contributed by atoms with Crippen LogP contribution in [-0.4, -0.2) is 47.6 Å².